The molecule has 1 heterocycles. The van der Waals surface area contributed by atoms with Gasteiger partial charge in [0.2, 0.25) is 17.7 Å². The van der Waals surface area contributed by atoms with Crippen molar-refractivity contribution in [1.82, 2.24) is 15.1 Å². The quantitative estimate of drug-likeness (QED) is 0.783. The number of ether oxygens (including phenoxy) is 1. The molecule has 6 nitrogen and oxygen atoms in total. The van der Waals surface area contributed by atoms with Gasteiger partial charge in [-0.3, -0.25) is 4.79 Å². The number of carbonyl (C=O) groups excluding carboxylic acids is 1. The van der Waals surface area contributed by atoms with Crippen LogP contribution in [0.25, 0.3) is 11.5 Å². The van der Waals surface area contributed by atoms with Crippen LogP contribution in [0.2, 0.25) is 5.02 Å². The molecule has 22 heavy (non-hydrogen) atoms. The van der Waals surface area contributed by atoms with E-state index in [1.807, 2.05) is 19.1 Å². The van der Waals surface area contributed by atoms with E-state index in [2.05, 4.69) is 10.2 Å². The third kappa shape index (κ3) is 4.05. The summed E-state index contributed by atoms with van der Waals surface area (Å²) in [6, 6.07) is 7.23. The monoisotopic (exact) mass is 323 g/mol. The number of hydrogen-bond acceptors (Lipinski definition) is 5. The van der Waals surface area contributed by atoms with Crippen LogP contribution in [0, 0.1) is 0 Å². The Bertz CT molecular complexity index is 630. The van der Waals surface area contributed by atoms with Crippen molar-refractivity contribution in [1.29, 1.82) is 0 Å². The molecule has 0 spiro atoms. The zero-order chi connectivity index (χ0) is 15.9. The molecule has 2 rings (SSSR count). The molecule has 1 aromatic carbocycles. The summed E-state index contributed by atoms with van der Waals surface area (Å²) < 4.78 is 10.5. The van der Waals surface area contributed by atoms with Crippen molar-refractivity contribution in [2.75, 3.05) is 20.3 Å². The fraction of sp³-hybridized carbons (Fsp3) is 0.400. The maximum atomic E-state index is 12.0. The molecule has 0 saturated heterocycles. The SMILES string of the molecule is CCCN(Cc1nnc(-c2ccccc2Cl)o1)C(=O)COC. The Hall–Kier alpha value is -1.92. The van der Waals surface area contributed by atoms with Gasteiger partial charge in [0, 0.05) is 13.7 Å². The minimum atomic E-state index is -0.109. The molecule has 0 aliphatic heterocycles. The molecule has 0 bridgehead atoms. The number of benzene rings is 1. The Balaban J connectivity index is 2.13. The van der Waals surface area contributed by atoms with Crippen molar-refractivity contribution in [3.05, 3.63) is 35.2 Å². The summed E-state index contributed by atoms with van der Waals surface area (Å²) in [5.41, 5.74) is 0.674. The van der Waals surface area contributed by atoms with Crippen LogP contribution in [-0.4, -0.2) is 41.3 Å². The van der Waals surface area contributed by atoms with Crippen molar-refractivity contribution in [2.24, 2.45) is 0 Å². The van der Waals surface area contributed by atoms with Crippen LogP contribution in [0.5, 0.6) is 0 Å². The summed E-state index contributed by atoms with van der Waals surface area (Å²) in [6.07, 6.45) is 0.834. The third-order valence-electron chi connectivity index (χ3n) is 3.01. The predicted octanol–water partition coefficient (Wildman–Crippen LogP) is 2.78. The number of amides is 1. The van der Waals surface area contributed by atoms with Gasteiger partial charge in [-0.1, -0.05) is 30.7 Å². The van der Waals surface area contributed by atoms with E-state index in [4.69, 9.17) is 20.8 Å². The molecule has 7 heteroatoms. The summed E-state index contributed by atoms with van der Waals surface area (Å²) in [5.74, 6) is 0.603. The Kier molecular flexibility index (Phi) is 5.91. The van der Waals surface area contributed by atoms with Crippen molar-refractivity contribution in [2.45, 2.75) is 19.9 Å². The first kappa shape index (κ1) is 16.5. The first-order valence-corrected chi connectivity index (χ1v) is 7.37. The van der Waals surface area contributed by atoms with Crippen LogP contribution in [0.4, 0.5) is 0 Å². The molecule has 0 N–H and O–H groups in total. The predicted molar refractivity (Wildman–Crippen MR) is 82.3 cm³/mol. The van der Waals surface area contributed by atoms with Crippen molar-refractivity contribution < 1.29 is 13.9 Å². The van der Waals surface area contributed by atoms with Gasteiger partial charge in [0.15, 0.2) is 0 Å². The molecular formula is C15H18ClN3O3. The van der Waals surface area contributed by atoms with Gasteiger partial charge in [0.25, 0.3) is 0 Å². The van der Waals surface area contributed by atoms with E-state index >= 15 is 0 Å². The van der Waals surface area contributed by atoms with Crippen LogP contribution >= 0.6 is 11.6 Å². The van der Waals surface area contributed by atoms with Gasteiger partial charge in [0.05, 0.1) is 17.1 Å². The van der Waals surface area contributed by atoms with Gasteiger partial charge in [-0.2, -0.15) is 0 Å². The summed E-state index contributed by atoms with van der Waals surface area (Å²) in [4.78, 5) is 13.6. The Morgan fingerprint density at radius 3 is 2.82 bits per heavy atom. The number of hydrogen-bond donors (Lipinski definition) is 0. The van der Waals surface area contributed by atoms with E-state index in [9.17, 15) is 4.79 Å². The van der Waals surface area contributed by atoms with Gasteiger partial charge >= 0.3 is 0 Å². The second kappa shape index (κ2) is 7.91. The summed E-state index contributed by atoms with van der Waals surface area (Å²) in [6.45, 7) is 2.89. The molecule has 1 amide bonds. The standard InChI is InChI=1S/C15H18ClN3O3/c1-3-8-19(14(20)10-21-2)9-13-17-18-15(22-13)11-6-4-5-7-12(11)16/h4-7H,3,8-10H2,1-2H3. The largest absolute Gasteiger partial charge is 0.419 e. The Morgan fingerprint density at radius 1 is 1.36 bits per heavy atom. The zero-order valence-corrected chi connectivity index (χ0v) is 13.3. The number of halogens is 1. The van der Waals surface area contributed by atoms with E-state index < -0.39 is 0 Å². The van der Waals surface area contributed by atoms with Crippen LogP contribution in [0.3, 0.4) is 0 Å². The van der Waals surface area contributed by atoms with Crippen LogP contribution in [-0.2, 0) is 16.1 Å². The number of carbonyl (C=O) groups is 1. The maximum Gasteiger partial charge on any atom is 0.249 e. The topological polar surface area (TPSA) is 68.5 Å². The second-order valence-electron chi connectivity index (χ2n) is 4.73. The highest BCUT2D eigenvalue weighted by molar-refractivity contribution is 6.33. The number of rotatable bonds is 7. The van der Waals surface area contributed by atoms with Crippen LogP contribution in [0.1, 0.15) is 19.2 Å². The van der Waals surface area contributed by atoms with E-state index in [1.54, 1.807) is 17.0 Å². The highest BCUT2D eigenvalue weighted by Crippen LogP contribution is 2.26. The smallest absolute Gasteiger partial charge is 0.249 e. The lowest BCUT2D eigenvalue weighted by atomic mass is 10.2. The molecule has 0 radical (unpaired) electrons. The Morgan fingerprint density at radius 2 is 2.14 bits per heavy atom. The molecule has 1 aromatic heterocycles. The molecule has 0 unspecified atom stereocenters. The molecule has 118 valence electrons. The fourth-order valence-electron chi connectivity index (χ4n) is 2.00. The number of nitrogens with zero attached hydrogens (tertiary/aromatic N) is 3. The molecule has 0 fully saturated rings. The van der Waals surface area contributed by atoms with E-state index in [1.165, 1.54) is 7.11 Å². The molecule has 2 aromatic rings. The van der Waals surface area contributed by atoms with Crippen LogP contribution in [0.15, 0.2) is 28.7 Å². The summed E-state index contributed by atoms with van der Waals surface area (Å²) in [7, 11) is 1.49. The first-order valence-electron chi connectivity index (χ1n) is 6.99. The van der Waals surface area contributed by atoms with Gasteiger partial charge < -0.3 is 14.1 Å². The second-order valence-corrected chi connectivity index (χ2v) is 5.14. The van der Waals surface area contributed by atoms with Crippen LogP contribution < -0.4 is 0 Å². The molecular weight excluding hydrogens is 306 g/mol. The highest BCUT2D eigenvalue weighted by Gasteiger charge is 2.17. The fourth-order valence-corrected chi connectivity index (χ4v) is 2.22. The molecule has 0 atom stereocenters. The molecule has 0 aliphatic rings. The maximum absolute atomic E-state index is 12.0. The summed E-state index contributed by atoms with van der Waals surface area (Å²) >= 11 is 6.11. The lowest BCUT2D eigenvalue weighted by Crippen LogP contribution is -2.34. The van der Waals surface area contributed by atoms with Crippen molar-refractivity contribution in [3.63, 3.8) is 0 Å². The lowest BCUT2D eigenvalue weighted by Gasteiger charge is -2.19. The summed E-state index contributed by atoms with van der Waals surface area (Å²) in [5, 5.41) is 8.52. The first-order chi connectivity index (χ1) is 10.7. The highest BCUT2D eigenvalue weighted by atomic mass is 35.5. The van der Waals surface area contributed by atoms with Gasteiger partial charge in [-0.25, -0.2) is 0 Å². The van der Waals surface area contributed by atoms with Gasteiger partial charge in [-0.15, -0.1) is 10.2 Å². The van der Waals surface area contributed by atoms with E-state index in [-0.39, 0.29) is 19.1 Å². The van der Waals surface area contributed by atoms with Crippen molar-refractivity contribution >= 4 is 17.5 Å². The van der Waals surface area contributed by atoms with E-state index in [0.29, 0.717) is 28.9 Å². The van der Waals surface area contributed by atoms with Crippen molar-refractivity contribution in [3.8, 4) is 11.5 Å². The van der Waals surface area contributed by atoms with E-state index in [0.717, 1.165) is 6.42 Å². The average molecular weight is 324 g/mol. The minimum Gasteiger partial charge on any atom is -0.419 e. The zero-order valence-electron chi connectivity index (χ0n) is 12.6. The third-order valence-corrected chi connectivity index (χ3v) is 3.34. The normalized spacial score (nSPS) is 10.7. The number of methoxy groups -OCH3 is 1. The average Bonchev–Trinajstić information content (AvgIpc) is 2.96. The number of aromatic nitrogens is 2. The lowest BCUT2D eigenvalue weighted by molar-refractivity contribution is -0.136. The Labute approximate surface area is 134 Å². The molecule has 0 aliphatic carbocycles. The van der Waals surface area contributed by atoms with Gasteiger partial charge in [-0.05, 0) is 18.6 Å². The molecule has 0 saturated carbocycles. The van der Waals surface area contributed by atoms with Gasteiger partial charge in [0.1, 0.15) is 6.61 Å². The minimum absolute atomic E-state index is 0.0332.